The third-order valence-corrected chi connectivity index (χ3v) is 2.73. The normalized spacial score (nSPS) is 17.5. The van der Waals surface area contributed by atoms with Crippen LogP contribution in [0.5, 0.6) is 0 Å². The summed E-state index contributed by atoms with van der Waals surface area (Å²) in [5, 5.41) is 20.5. The first-order valence-corrected chi connectivity index (χ1v) is 5.26. The van der Waals surface area contributed by atoms with Crippen LogP contribution in [0.15, 0.2) is 0 Å². The van der Waals surface area contributed by atoms with Crippen LogP contribution in [0.2, 0.25) is 0 Å². The van der Waals surface area contributed by atoms with Gasteiger partial charge < -0.3 is 10.4 Å². The highest BCUT2D eigenvalue weighted by molar-refractivity contribution is 5.24. The number of anilines is 1. The van der Waals surface area contributed by atoms with Gasteiger partial charge in [-0.25, -0.2) is 4.98 Å². The molecule has 1 unspecified atom stereocenters. The van der Waals surface area contributed by atoms with E-state index in [4.69, 9.17) is 0 Å². The average Bonchev–Trinajstić information content (AvgIpc) is 3.03. The molecule has 5 heteroatoms. The van der Waals surface area contributed by atoms with E-state index in [0.29, 0.717) is 18.4 Å². The van der Waals surface area contributed by atoms with Crippen molar-refractivity contribution in [1.82, 2.24) is 15.2 Å². The predicted molar refractivity (Wildman–Crippen MR) is 56.5 cm³/mol. The zero-order valence-electron chi connectivity index (χ0n) is 9.06. The first kappa shape index (κ1) is 10.3. The number of nitrogens with one attached hydrogen (secondary N) is 1. The largest absolute Gasteiger partial charge is 0.391 e. The van der Waals surface area contributed by atoms with Crippen molar-refractivity contribution in [2.45, 2.75) is 32.8 Å². The molecule has 5 nitrogen and oxygen atoms in total. The van der Waals surface area contributed by atoms with E-state index in [2.05, 4.69) is 20.5 Å². The Kier molecular flexibility index (Phi) is 2.81. The molecule has 0 aliphatic heterocycles. The molecule has 1 heterocycles. The lowest BCUT2D eigenvalue weighted by Gasteiger charge is -2.10. The Balaban J connectivity index is 1.89. The summed E-state index contributed by atoms with van der Waals surface area (Å²) < 4.78 is 0. The fourth-order valence-electron chi connectivity index (χ4n) is 1.38. The van der Waals surface area contributed by atoms with Crippen molar-refractivity contribution in [1.29, 1.82) is 0 Å². The van der Waals surface area contributed by atoms with Crippen LogP contribution in [-0.4, -0.2) is 32.9 Å². The van der Waals surface area contributed by atoms with Crippen LogP contribution in [0.4, 0.5) is 5.95 Å². The fourth-order valence-corrected chi connectivity index (χ4v) is 1.38. The average molecular weight is 208 g/mol. The highest BCUT2D eigenvalue weighted by Crippen LogP contribution is 2.32. The molecule has 82 valence electrons. The van der Waals surface area contributed by atoms with E-state index in [1.807, 2.05) is 13.8 Å². The highest BCUT2D eigenvalue weighted by Gasteiger charge is 2.29. The first-order chi connectivity index (χ1) is 7.16. The zero-order chi connectivity index (χ0) is 10.8. The SMILES string of the molecule is Cc1nnc(NCC(O)C2CC2)nc1C. The summed E-state index contributed by atoms with van der Waals surface area (Å²) in [4.78, 5) is 4.23. The lowest BCUT2D eigenvalue weighted by atomic mass is 10.2. The second-order valence-corrected chi connectivity index (χ2v) is 4.09. The van der Waals surface area contributed by atoms with Gasteiger partial charge in [0, 0.05) is 6.54 Å². The quantitative estimate of drug-likeness (QED) is 0.761. The number of rotatable bonds is 4. The summed E-state index contributed by atoms with van der Waals surface area (Å²) in [6.45, 7) is 4.28. The molecule has 1 aromatic heterocycles. The van der Waals surface area contributed by atoms with Gasteiger partial charge in [-0.2, -0.15) is 5.10 Å². The molecule has 0 bridgehead atoms. The van der Waals surface area contributed by atoms with E-state index in [0.717, 1.165) is 24.2 Å². The van der Waals surface area contributed by atoms with Gasteiger partial charge in [0.2, 0.25) is 5.95 Å². The summed E-state index contributed by atoms with van der Waals surface area (Å²) >= 11 is 0. The number of aliphatic hydroxyl groups excluding tert-OH is 1. The zero-order valence-corrected chi connectivity index (χ0v) is 9.06. The molecule has 1 aliphatic carbocycles. The fraction of sp³-hybridized carbons (Fsp3) is 0.700. The molecule has 2 N–H and O–H groups in total. The van der Waals surface area contributed by atoms with Crippen molar-refractivity contribution >= 4 is 5.95 Å². The van der Waals surface area contributed by atoms with Gasteiger partial charge in [-0.05, 0) is 32.6 Å². The Morgan fingerprint density at radius 1 is 1.33 bits per heavy atom. The third-order valence-electron chi connectivity index (χ3n) is 2.73. The number of hydrogen-bond acceptors (Lipinski definition) is 5. The van der Waals surface area contributed by atoms with E-state index in [1.165, 1.54) is 0 Å². The molecule has 2 rings (SSSR count). The van der Waals surface area contributed by atoms with Crippen LogP contribution in [0.1, 0.15) is 24.2 Å². The maximum atomic E-state index is 9.64. The van der Waals surface area contributed by atoms with Gasteiger partial charge >= 0.3 is 0 Å². The number of nitrogens with zero attached hydrogens (tertiary/aromatic N) is 3. The second kappa shape index (κ2) is 4.10. The molecule has 0 amide bonds. The summed E-state index contributed by atoms with van der Waals surface area (Å²) in [6.07, 6.45) is 1.99. The Bertz CT molecular complexity index is 351. The van der Waals surface area contributed by atoms with Gasteiger partial charge in [-0.1, -0.05) is 0 Å². The van der Waals surface area contributed by atoms with Crippen molar-refractivity contribution < 1.29 is 5.11 Å². The van der Waals surface area contributed by atoms with Crippen molar-refractivity contribution in [3.05, 3.63) is 11.4 Å². The van der Waals surface area contributed by atoms with Crippen LogP contribution < -0.4 is 5.32 Å². The van der Waals surface area contributed by atoms with Crippen LogP contribution in [0.25, 0.3) is 0 Å². The Morgan fingerprint density at radius 2 is 2.07 bits per heavy atom. The van der Waals surface area contributed by atoms with Crippen molar-refractivity contribution in [3.63, 3.8) is 0 Å². The molecule has 1 aliphatic rings. The van der Waals surface area contributed by atoms with E-state index in [-0.39, 0.29) is 6.10 Å². The highest BCUT2D eigenvalue weighted by atomic mass is 16.3. The topological polar surface area (TPSA) is 70.9 Å². The summed E-state index contributed by atoms with van der Waals surface area (Å²) in [5.41, 5.74) is 1.71. The number of aromatic nitrogens is 3. The van der Waals surface area contributed by atoms with Crippen LogP contribution in [0, 0.1) is 19.8 Å². The Labute approximate surface area is 89.0 Å². The van der Waals surface area contributed by atoms with Crippen LogP contribution in [0.3, 0.4) is 0 Å². The van der Waals surface area contributed by atoms with E-state index in [1.54, 1.807) is 0 Å². The number of aryl methyl sites for hydroxylation is 2. The molecule has 0 radical (unpaired) electrons. The molecule has 1 fully saturated rings. The van der Waals surface area contributed by atoms with Crippen molar-refractivity contribution in [3.8, 4) is 0 Å². The van der Waals surface area contributed by atoms with Gasteiger partial charge in [0.1, 0.15) is 0 Å². The minimum Gasteiger partial charge on any atom is -0.391 e. The van der Waals surface area contributed by atoms with Crippen molar-refractivity contribution in [2.24, 2.45) is 5.92 Å². The van der Waals surface area contributed by atoms with Gasteiger partial charge in [-0.15, -0.1) is 5.10 Å². The molecule has 1 aromatic rings. The standard InChI is InChI=1S/C10H16N4O/c1-6-7(2)13-14-10(12-6)11-5-9(15)8-3-4-8/h8-9,15H,3-5H2,1-2H3,(H,11,12,14). The molecule has 1 saturated carbocycles. The Morgan fingerprint density at radius 3 is 2.67 bits per heavy atom. The molecule has 0 spiro atoms. The minimum atomic E-state index is -0.282. The van der Waals surface area contributed by atoms with Gasteiger partial charge in [-0.3, -0.25) is 0 Å². The summed E-state index contributed by atoms with van der Waals surface area (Å²) in [5.74, 6) is 0.967. The summed E-state index contributed by atoms with van der Waals surface area (Å²) in [6, 6.07) is 0. The monoisotopic (exact) mass is 208 g/mol. The van der Waals surface area contributed by atoms with Crippen LogP contribution in [-0.2, 0) is 0 Å². The summed E-state index contributed by atoms with van der Waals surface area (Å²) in [7, 11) is 0. The van der Waals surface area contributed by atoms with Gasteiger partial charge in [0.15, 0.2) is 0 Å². The second-order valence-electron chi connectivity index (χ2n) is 4.09. The number of hydrogen-bond donors (Lipinski definition) is 2. The maximum absolute atomic E-state index is 9.64. The predicted octanol–water partition coefficient (Wildman–Crippen LogP) is 0.671. The smallest absolute Gasteiger partial charge is 0.243 e. The lowest BCUT2D eigenvalue weighted by Crippen LogP contribution is -2.22. The Hall–Kier alpha value is -1.23. The van der Waals surface area contributed by atoms with Crippen molar-refractivity contribution in [2.75, 3.05) is 11.9 Å². The molecule has 0 aromatic carbocycles. The molecule has 1 atom stereocenters. The molecule has 15 heavy (non-hydrogen) atoms. The molecular formula is C10H16N4O. The lowest BCUT2D eigenvalue weighted by molar-refractivity contribution is 0.164. The van der Waals surface area contributed by atoms with Gasteiger partial charge in [0.25, 0.3) is 0 Å². The van der Waals surface area contributed by atoms with E-state index >= 15 is 0 Å². The van der Waals surface area contributed by atoms with Crippen LogP contribution >= 0.6 is 0 Å². The van der Waals surface area contributed by atoms with Gasteiger partial charge in [0.05, 0.1) is 17.5 Å². The third kappa shape index (κ3) is 2.62. The molecule has 0 saturated heterocycles. The van der Waals surface area contributed by atoms with E-state index < -0.39 is 0 Å². The number of aliphatic hydroxyl groups is 1. The minimum absolute atomic E-state index is 0.282. The molecular weight excluding hydrogens is 192 g/mol. The first-order valence-electron chi connectivity index (χ1n) is 5.26. The van der Waals surface area contributed by atoms with E-state index in [9.17, 15) is 5.11 Å². The maximum Gasteiger partial charge on any atom is 0.243 e.